The maximum absolute atomic E-state index is 12.5. The van der Waals surface area contributed by atoms with Crippen molar-refractivity contribution in [2.24, 2.45) is 11.7 Å². The highest BCUT2D eigenvalue weighted by Gasteiger charge is 2.19. The van der Waals surface area contributed by atoms with Gasteiger partial charge in [0.1, 0.15) is 0 Å². The van der Waals surface area contributed by atoms with Gasteiger partial charge in [0.15, 0.2) is 0 Å². The molecule has 5 nitrogen and oxygen atoms in total. The van der Waals surface area contributed by atoms with E-state index in [-0.39, 0.29) is 17.9 Å². The van der Waals surface area contributed by atoms with Crippen LogP contribution in [-0.4, -0.2) is 11.9 Å². The highest BCUT2D eigenvalue weighted by molar-refractivity contribution is 5.96. The summed E-state index contributed by atoms with van der Waals surface area (Å²) >= 11 is 0. The molecule has 120 valence electrons. The van der Waals surface area contributed by atoms with Gasteiger partial charge in [-0.05, 0) is 29.7 Å². The van der Waals surface area contributed by atoms with Gasteiger partial charge in [-0.2, -0.15) is 0 Å². The zero-order chi connectivity index (χ0) is 16.8. The molecule has 2 rings (SSSR count). The van der Waals surface area contributed by atoms with Crippen molar-refractivity contribution in [1.82, 2.24) is 5.32 Å². The Kier molecular flexibility index (Phi) is 5.36. The summed E-state index contributed by atoms with van der Waals surface area (Å²) in [6.45, 7) is 4.12. The molecule has 0 spiro atoms. The fourth-order valence-electron chi connectivity index (χ4n) is 2.40. The number of hydrogen-bond donors (Lipinski definition) is 3. The van der Waals surface area contributed by atoms with Crippen molar-refractivity contribution in [2.75, 3.05) is 5.32 Å². The van der Waals surface area contributed by atoms with Crippen LogP contribution in [0.1, 0.15) is 35.8 Å². The predicted octanol–water partition coefficient (Wildman–Crippen LogP) is 3.30. The van der Waals surface area contributed by atoms with Crippen LogP contribution in [0.5, 0.6) is 0 Å². The van der Waals surface area contributed by atoms with E-state index in [1.807, 2.05) is 30.3 Å². The van der Waals surface area contributed by atoms with Crippen LogP contribution in [0.15, 0.2) is 54.6 Å². The topological polar surface area (TPSA) is 84.2 Å². The van der Waals surface area contributed by atoms with Crippen molar-refractivity contribution < 1.29 is 9.59 Å². The summed E-state index contributed by atoms with van der Waals surface area (Å²) in [6.07, 6.45) is 0. The number of rotatable bonds is 5. The Bertz CT molecular complexity index is 684. The van der Waals surface area contributed by atoms with Gasteiger partial charge < -0.3 is 16.4 Å². The third-order valence-corrected chi connectivity index (χ3v) is 3.50. The molecular formula is C18H21N3O2. The third-order valence-electron chi connectivity index (χ3n) is 3.50. The smallest absolute Gasteiger partial charge is 0.316 e. The van der Waals surface area contributed by atoms with Gasteiger partial charge in [0.25, 0.3) is 5.91 Å². The zero-order valence-corrected chi connectivity index (χ0v) is 13.2. The number of nitrogens with two attached hydrogens (primary N) is 1. The third kappa shape index (κ3) is 4.57. The average Bonchev–Trinajstić information content (AvgIpc) is 2.52. The lowest BCUT2D eigenvalue weighted by Gasteiger charge is -2.23. The van der Waals surface area contributed by atoms with E-state index in [0.717, 1.165) is 5.56 Å². The summed E-state index contributed by atoms with van der Waals surface area (Å²) in [7, 11) is 0. The van der Waals surface area contributed by atoms with Gasteiger partial charge in [0.2, 0.25) is 0 Å². The van der Waals surface area contributed by atoms with E-state index in [0.29, 0.717) is 11.3 Å². The molecule has 0 unspecified atom stereocenters. The highest BCUT2D eigenvalue weighted by Crippen LogP contribution is 2.22. The van der Waals surface area contributed by atoms with E-state index >= 15 is 0 Å². The van der Waals surface area contributed by atoms with Gasteiger partial charge in [-0.25, -0.2) is 4.79 Å². The second-order valence-electron chi connectivity index (χ2n) is 5.68. The number of nitrogens with one attached hydrogen (secondary N) is 2. The number of benzene rings is 2. The van der Waals surface area contributed by atoms with Gasteiger partial charge >= 0.3 is 6.03 Å². The van der Waals surface area contributed by atoms with Crippen molar-refractivity contribution in [2.45, 2.75) is 19.9 Å². The summed E-state index contributed by atoms with van der Waals surface area (Å²) in [5.74, 6) is 0.0500. The van der Waals surface area contributed by atoms with E-state index in [1.54, 1.807) is 24.3 Å². The van der Waals surface area contributed by atoms with Crippen LogP contribution in [0.2, 0.25) is 0 Å². The lowest BCUT2D eigenvalue weighted by atomic mass is 9.95. The minimum absolute atomic E-state index is 0.0866. The molecule has 2 aromatic rings. The molecule has 0 bridgehead atoms. The second-order valence-corrected chi connectivity index (χ2v) is 5.68. The van der Waals surface area contributed by atoms with Crippen LogP contribution < -0.4 is 16.4 Å². The molecule has 0 heterocycles. The van der Waals surface area contributed by atoms with Crippen LogP contribution in [-0.2, 0) is 0 Å². The van der Waals surface area contributed by atoms with Gasteiger partial charge in [-0.3, -0.25) is 4.79 Å². The van der Waals surface area contributed by atoms with Gasteiger partial charge in [0, 0.05) is 11.3 Å². The fraction of sp³-hybridized carbons (Fsp3) is 0.222. The summed E-state index contributed by atoms with van der Waals surface area (Å²) in [6, 6.07) is 15.8. The first kappa shape index (κ1) is 16.5. The van der Waals surface area contributed by atoms with Crippen LogP contribution in [0.25, 0.3) is 0 Å². The Hall–Kier alpha value is -2.82. The first-order valence-electron chi connectivity index (χ1n) is 7.49. The Balaban J connectivity index is 2.18. The number of urea groups is 1. The molecule has 0 aromatic heterocycles. The van der Waals surface area contributed by atoms with Crippen LogP contribution in [0, 0.1) is 5.92 Å². The summed E-state index contributed by atoms with van der Waals surface area (Å²) < 4.78 is 0. The molecule has 2 aromatic carbocycles. The van der Waals surface area contributed by atoms with Gasteiger partial charge in [-0.15, -0.1) is 0 Å². The number of hydrogen-bond acceptors (Lipinski definition) is 2. The van der Waals surface area contributed by atoms with Crippen LogP contribution in [0.3, 0.4) is 0 Å². The molecule has 0 aliphatic carbocycles. The quantitative estimate of drug-likeness (QED) is 0.791. The van der Waals surface area contributed by atoms with Crippen LogP contribution >= 0.6 is 0 Å². The molecule has 5 heteroatoms. The van der Waals surface area contributed by atoms with Crippen molar-refractivity contribution in [1.29, 1.82) is 0 Å². The summed E-state index contributed by atoms with van der Waals surface area (Å²) in [5.41, 5.74) is 7.12. The Morgan fingerprint density at radius 1 is 1.00 bits per heavy atom. The van der Waals surface area contributed by atoms with E-state index < -0.39 is 6.03 Å². The molecule has 4 N–H and O–H groups in total. The molecule has 0 fully saturated rings. The molecule has 1 atom stereocenters. The minimum atomic E-state index is -0.660. The van der Waals surface area contributed by atoms with Crippen molar-refractivity contribution >= 4 is 17.6 Å². The van der Waals surface area contributed by atoms with E-state index in [2.05, 4.69) is 24.5 Å². The highest BCUT2D eigenvalue weighted by atomic mass is 16.2. The number of amides is 3. The normalized spacial score (nSPS) is 11.8. The largest absolute Gasteiger partial charge is 0.351 e. The number of primary amides is 1. The molecule has 3 amide bonds. The standard InChI is InChI=1S/C18H21N3O2/c1-12(2)16(13-7-4-3-5-8-13)21-17(22)14-9-6-10-15(11-14)20-18(19)23/h3-12,16H,1-2H3,(H,21,22)(H3,19,20,23)/t16-/m0/s1. The van der Waals surface area contributed by atoms with Crippen molar-refractivity contribution in [3.05, 3.63) is 65.7 Å². The molecule has 0 aliphatic rings. The van der Waals surface area contributed by atoms with Crippen LogP contribution in [0.4, 0.5) is 10.5 Å². The van der Waals surface area contributed by atoms with E-state index in [4.69, 9.17) is 5.73 Å². The monoisotopic (exact) mass is 311 g/mol. The van der Waals surface area contributed by atoms with Gasteiger partial charge in [-0.1, -0.05) is 50.2 Å². The van der Waals surface area contributed by atoms with Crippen molar-refractivity contribution in [3.8, 4) is 0 Å². The second kappa shape index (κ2) is 7.45. The Morgan fingerprint density at radius 3 is 2.30 bits per heavy atom. The first-order chi connectivity index (χ1) is 11.0. The Labute approximate surface area is 135 Å². The lowest BCUT2D eigenvalue weighted by molar-refractivity contribution is 0.0925. The van der Waals surface area contributed by atoms with Gasteiger partial charge in [0.05, 0.1) is 6.04 Å². The van der Waals surface area contributed by atoms with Crippen molar-refractivity contribution in [3.63, 3.8) is 0 Å². The maximum atomic E-state index is 12.5. The summed E-state index contributed by atoms with van der Waals surface area (Å²) in [5, 5.41) is 5.51. The zero-order valence-electron chi connectivity index (χ0n) is 13.2. The lowest BCUT2D eigenvalue weighted by Crippen LogP contribution is -2.31. The average molecular weight is 311 g/mol. The number of carbonyl (C=O) groups is 2. The predicted molar refractivity (Wildman–Crippen MR) is 91.1 cm³/mol. The molecule has 0 radical (unpaired) electrons. The summed E-state index contributed by atoms with van der Waals surface area (Å²) in [4.78, 5) is 23.4. The molecule has 0 saturated carbocycles. The molecule has 23 heavy (non-hydrogen) atoms. The first-order valence-corrected chi connectivity index (χ1v) is 7.49. The molecule has 0 aliphatic heterocycles. The fourth-order valence-corrected chi connectivity index (χ4v) is 2.40. The van der Waals surface area contributed by atoms with E-state index in [9.17, 15) is 9.59 Å². The molecule has 0 saturated heterocycles. The van der Waals surface area contributed by atoms with E-state index in [1.165, 1.54) is 0 Å². The molecular weight excluding hydrogens is 290 g/mol. The number of carbonyl (C=O) groups excluding carboxylic acids is 2. The minimum Gasteiger partial charge on any atom is -0.351 e. The maximum Gasteiger partial charge on any atom is 0.316 e. The number of anilines is 1. The Morgan fingerprint density at radius 2 is 1.70 bits per heavy atom. The SMILES string of the molecule is CC(C)[C@H](NC(=O)c1cccc(NC(N)=O)c1)c1ccccc1.